The van der Waals surface area contributed by atoms with E-state index in [1.165, 1.54) is 0 Å². The summed E-state index contributed by atoms with van der Waals surface area (Å²) in [6.07, 6.45) is 2.73. The van der Waals surface area contributed by atoms with Crippen molar-refractivity contribution in [3.8, 4) is 0 Å². The van der Waals surface area contributed by atoms with Gasteiger partial charge in [0.15, 0.2) is 0 Å². The molecule has 1 rings (SSSR count). The second-order valence-corrected chi connectivity index (χ2v) is 5.50. The number of rotatable bonds is 7. The fourth-order valence-electron chi connectivity index (χ4n) is 2.89. The van der Waals surface area contributed by atoms with Gasteiger partial charge in [0.25, 0.3) is 0 Å². The molecule has 1 unspecified atom stereocenters. The quantitative estimate of drug-likeness (QED) is 0.741. The molecule has 1 aliphatic heterocycles. The van der Waals surface area contributed by atoms with Crippen molar-refractivity contribution in [1.82, 2.24) is 9.80 Å². The fraction of sp³-hybridized carbons (Fsp3) is 0.857. The fourth-order valence-corrected chi connectivity index (χ4v) is 2.89. The lowest BCUT2D eigenvalue weighted by Gasteiger charge is -2.29. The minimum atomic E-state index is -0.807. The second kappa shape index (κ2) is 7.47. The van der Waals surface area contributed by atoms with Gasteiger partial charge in [-0.25, -0.2) is 4.79 Å². The second-order valence-electron chi connectivity index (χ2n) is 5.50. The lowest BCUT2D eigenvalue weighted by Crippen LogP contribution is -2.45. The summed E-state index contributed by atoms with van der Waals surface area (Å²) in [6, 6.07) is -0.153. The number of urea groups is 1. The Bertz CT molecular complexity index is 342. The van der Waals surface area contributed by atoms with Gasteiger partial charge >= 0.3 is 12.0 Å². The van der Waals surface area contributed by atoms with E-state index in [4.69, 9.17) is 5.11 Å². The Morgan fingerprint density at radius 1 is 1.25 bits per heavy atom. The third-order valence-corrected chi connectivity index (χ3v) is 3.94. The molecule has 1 aliphatic rings. The van der Waals surface area contributed by atoms with Gasteiger partial charge in [0, 0.05) is 26.2 Å². The van der Waals surface area contributed by atoms with E-state index in [1.807, 2.05) is 13.8 Å². The summed E-state index contributed by atoms with van der Waals surface area (Å²) in [7, 11) is 0. The van der Waals surface area contributed by atoms with Crippen molar-refractivity contribution in [3.63, 3.8) is 0 Å². The minimum Gasteiger partial charge on any atom is -0.481 e. The van der Waals surface area contributed by atoms with E-state index < -0.39 is 11.4 Å². The SMILES string of the molecule is CCCN(CCO)C(=O)N1CCC(CCC)(C(=O)O)C1. The maximum Gasteiger partial charge on any atom is 0.320 e. The molecule has 1 saturated heterocycles. The third kappa shape index (κ3) is 3.62. The van der Waals surface area contributed by atoms with Crippen LogP contribution >= 0.6 is 0 Å². The highest BCUT2D eigenvalue weighted by molar-refractivity contribution is 5.79. The predicted octanol–water partition coefficient (Wildman–Crippen LogP) is 1.39. The Morgan fingerprint density at radius 2 is 1.95 bits per heavy atom. The monoisotopic (exact) mass is 286 g/mol. The molecule has 0 bridgehead atoms. The molecular weight excluding hydrogens is 260 g/mol. The number of aliphatic carboxylic acids is 1. The standard InChI is InChI=1S/C14H26N2O4/c1-3-5-14(12(18)19)6-8-16(11-14)13(20)15(7-4-2)9-10-17/h17H,3-11H2,1-2H3,(H,18,19). The van der Waals surface area contributed by atoms with E-state index in [0.717, 1.165) is 12.8 Å². The summed E-state index contributed by atoms with van der Waals surface area (Å²) < 4.78 is 0. The first-order valence-corrected chi connectivity index (χ1v) is 7.39. The van der Waals surface area contributed by atoms with Crippen LogP contribution in [0.15, 0.2) is 0 Å². The molecule has 0 aromatic heterocycles. The van der Waals surface area contributed by atoms with E-state index in [-0.39, 0.29) is 19.2 Å². The number of amides is 2. The summed E-state index contributed by atoms with van der Waals surface area (Å²) in [5.74, 6) is -0.807. The number of carboxylic acid groups (broad SMARTS) is 1. The Morgan fingerprint density at radius 3 is 2.45 bits per heavy atom. The van der Waals surface area contributed by atoms with Crippen LogP contribution in [0.2, 0.25) is 0 Å². The molecule has 0 radical (unpaired) electrons. The zero-order valence-corrected chi connectivity index (χ0v) is 12.5. The van der Waals surface area contributed by atoms with Gasteiger partial charge < -0.3 is 20.0 Å². The molecule has 0 aliphatic carbocycles. The van der Waals surface area contributed by atoms with Gasteiger partial charge in [-0.3, -0.25) is 4.79 Å². The summed E-state index contributed by atoms with van der Waals surface area (Å²) in [4.78, 5) is 27.1. The Kier molecular flexibility index (Phi) is 6.26. The number of carboxylic acids is 1. The molecule has 1 fully saturated rings. The highest BCUT2D eigenvalue weighted by Gasteiger charge is 2.46. The largest absolute Gasteiger partial charge is 0.481 e. The number of carbonyl (C=O) groups excluding carboxylic acids is 1. The van der Waals surface area contributed by atoms with E-state index in [9.17, 15) is 14.7 Å². The number of nitrogens with zero attached hydrogens (tertiary/aromatic N) is 2. The van der Waals surface area contributed by atoms with Gasteiger partial charge in [0.1, 0.15) is 0 Å². The Balaban J connectivity index is 2.73. The number of carbonyl (C=O) groups is 2. The first kappa shape index (κ1) is 16.8. The number of hydrogen-bond donors (Lipinski definition) is 2. The van der Waals surface area contributed by atoms with Gasteiger partial charge in [-0.2, -0.15) is 0 Å². The molecule has 0 spiro atoms. The first-order valence-electron chi connectivity index (χ1n) is 7.39. The smallest absolute Gasteiger partial charge is 0.320 e. The zero-order chi connectivity index (χ0) is 15.2. The highest BCUT2D eigenvalue weighted by Crippen LogP contribution is 2.36. The normalized spacial score (nSPS) is 22.1. The molecular formula is C14H26N2O4. The predicted molar refractivity (Wildman–Crippen MR) is 75.5 cm³/mol. The molecule has 116 valence electrons. The maximum absolute atomic E-state index is 12.4. The lowest BCUT2D eigenvalue weighted by molar-refractivity contribution is -0.148. The zero-order valence-electron chi connectivity index (χ0n) is 12.5. The van der Waals surface area contributed by atoms with Crippen molar-refractivity contribution in [2.45, 2.75) is 39.5 Å². The van der Waals surface area contributed by atoms with E-state index in [2.05, 4.69) is 0 Å². The molecule has 2 amide bonds. The van der Waals surface area contributed by atoms with E-state index in [1.54, 1.807) is 9.80 Å². The van der Waals surface area contributed by atoms with Crippen LogP contribution in [-0.2, 0) is 4.79 Å². The van der Waals surface area contributed by atoms with Crippen LogP contribution in [0.25, 0.3) is 0 Å². The molecule has 6 heteroatoms. The van der Waals surface area contributed by atoms with Crippen LogP contribution in [-0.4, -0.2) is 64.8 Å². The van der Waals surface area contributed by atoms with Gasteiger partial charge in [0.2, 0.25) is 0 Å². The average Bonchev–Trinajstić information content (AvgIpc) is 2.84. The van der Waals surface area contributed by atoms with E-state index >= 15 is 0 Å². The summed E-state index contributed by atoms with van der Waals surface area (Å²) in [5, 5.41) is 18.5. The van der Waals surface area contributed by atoms with Gasteiger partial charge in [0.05, 0.1) is 12.0 Å². The molecule has 0 aromatic rings. The van der Waals surface area contributed by atoms with Crippen LogP contribution in [0, 0.1) is 5.41 Å². The molecule has 0 saturated carbocycles. The molecule has 20 heavy (non-hydrogen) atoms. The van der Waals surface area contributed by atoms with Crippen LogP contribution in [0.3, 0.4) is 0 Å². The lowest BCUT2D eigenvalue weighted by atomic mass is 9.83. The number of hydrogen-bond acceptors (Lipinski definition) is 3. The van der Waals surface area contributed by atoms with Crippen molar-refractivity contribution in [1.29, 1.82) is 0 Å². The molecule has 1 atom stereocenters. The maximum atomic E-state index is 12.4. The van der Waals surface area contributed by atoms with Crippen molar-refractivity contribution in [2.24, 2.45) is 5.41 Å². The van der Waals surface area contributed by atoms with Crippen molar-refractivity contribution in [2.75, 3.05) is 32.8 Å². The van der Waals surface area contributed by atoms with Gasteiger partial charge in [-0.15, -0.1) is 0 Å². The molecule has 6 nitrogen and oxygen atoms in total. The number of likely N-dealkylation sites (tertiary alicyclic amines) is 1. The van der Waals surface area contributed by atoms with Gasteiger partial charge in [-0.1, -0.05) is 20.3 Å². The summed E-state index contributed by atoms with van der Waals surface area (Å²) >= 11 is 0. The van der Waals surface area contributed by atoms with E-state index in [0.29, 0.717) is 32.5 Å². The number of aliphatic hydroxyl groups excluding tert-OH is 1. The topological polar surface area (TPSA) is 81.1 Å². The van der Waals surface area contributed by atoms with Crippen LogP contribution in [0.1, 0.15) is 39.5 Å². The molecule has 0 aromatic carbocycles. The van der Waals surface area contributed by atoms with Crippen molar-refractivity contribution >= 4 is 12.0 Å². The highest BCUT2D eigenvalue weighted by atomic mass is 16.4. The summed E-state index contributed by atoms with van der Waals surface area (Å²) in [5.41, 5.74) is -0.790. The van der Waals surface area contributed by atoms with Gasteiger partial charge in [-0.05, 0) is 19.3 Å². The summed E-state index contributed by atoms with van der Waals surface area (Å²) in [6.45, 7) is 5.52. The van der Waals surface area contributed by atoms with Crippen LogP contribution < -0.4 is 0 Å². The third-order valence-electron chi connectivity index (χ3n) is 3.94. The van der Waals surface area contributed by atoms with Crippen LogP contribution in [0.5, 0.6) is 0 Å². The Hall–Kier alpha value is -1.30. The average molecular weight is 286 g/mol. The molecule has 1 heterocycles. The van der Waals surface area contributed by atoms with Crippen molar-refractivity contribution < 1.29 is 19.8 Å². The van der Waals surface area contributed by atoms with Crippen molar-refractivity contribution in [3.05, 3.63) is 0 Å². The minimum absolute atomic E-state index is 0.0708. The van der Waals surface area contributed by atoms with Crippen LogP contribution in [0.4, 0.5) is 4.79 Å². The Labute approximate surface area is 120 Å². The number of aliphatic hydroxyl groups is 1. The molecule has 2 N–H and O–H groups in total. The first-order chi connectivity index (χ1) is 9.50.